The molecule has 0 saturated heterocycles. The van der Waals surface area contributed by atoms with E-state index in [1.807, 2.05) is 6.92 Å². The van der Waals surface area contributed by atoms with Gasteiger partial charge in [-0.05, 0) is 24.8 Å². The molecule has 1 amide bonds. The van der Waals surface area contributed by atoms with E-state index < -0.39 is 12.0 Å². The number of hydrogen-bond donors (Lipinski definition) is 2. The molecular weight excluding hydrogens is 246 g/mol. The number of carbonyl (C=O) groups is 2. The Bertz CT molecular complexity index is 462. The number of aryl methyl sites for hydroxylation is 1. The number of rotatable bonds is 7. The Morgan fingerprint density at radius 2 is 2.26 bits per heavy atom. The summed E-state index contributed by atoms with van der Waals surface area (Å²) in [6.07, 6.45) is 5.66. The molecule has 1 saturated carbocycles. The van der Waals surface area contributed by atoms with Gasteiger partial charge in [-0.25, -0.2) is 4.79 Å². The molecule has 0 spiro atoms. The van der Waals surface area contributed by atoms with Crippen LogP contribution in [0.1, 0.15) is 48.7 Å². The average Bonchev–Trinajstić information content (AvgIpc) is 3.05. The molecule has 19 heavy (non-hydrogen) atoms. The van der Waals surface area contributed by atoms with E-state index in [9.17, 15) is 9.59 Å². The van der Waals surface area contributed by atoms with Crippen molar-refractivity contribution in [2.45, 2.75) is 45.1 Å². The molecule has 1 aromatic rings. The second-order valence-electron chi connectivity index (χ2n) is 5.05. The molecule has 0 radical (unpaired) electrons. The topological polar surface area (TPSA) is 79.5 Å². The fourth-order valence-electron chi connectivity index (χ4n) is 2.11. The lowest BCUT2D eigenvalue weighted by Crippen LogP contribution is -2.41. The number of hydrogen-bond acceptors (Lipinski definition) is 3. The highest BCUT2D eigenvalue weighted by molar-refractivity contribution is 5.97. The number of carboxylic acids is 1. The first-order valence-electron chi connectivity index (χ1n) is 6.71. The van der Waals surface area contributed by atoms with Crippen LogP contribution >= 0.6 is 0 Å². The Balaban J connectivity index is 2.01. The van der Waals surface area contributed by atoms with Gasteiger partial charge in [-0.3, -0.25) is 4.79 Å². The molecule has 2 N–H and O–H groups in total. The highest BCUT2D eigenvalue weighted by Crippen LogP contribution is 2.33. The van der Waals surface area contributed by atoms with Crippen molar-refractivity contribution in [1.82, 2.24) is 5.32 Å². The van der Waals surface area contributed by atoms with Crippen LogP contribution in [0, 0.1) is 5.92 Å². The predicted molar refractivity (Wildman–Crippen MR) is 68.9 cm³/mol. The number of aliphatic carboxylic acids is 1. The second kappa shape index (κ2) is 5.91. The quantitative estimate of drug-likeness (QED) is 0.792. The summed E-state index contributed by atoms with van der Waals surface area (Å²) in [6, 6.07) is 0.792. The van der Waals surface area contributed by atoms with E-state index in [1.54, 1.807) is 6.07 Å². The van der Waals surface area contributed by atoms with E-state index in [4.69, 9.17) is 9.52 Å². The van der Waals surface area contributed by atoms with Crippen LogP contribution in [0.5, 0.6) is 0 Å². The summed E-state index contributed by atoms with van der Waals surface area (Å²) in [5.74, 6) is -0.262. The second-order valence-corrected chi connectivity index (χ2v) is 5.05. The van der Waals surface area contributed by atoms with Gasteiger partial charge in [0.1, 0.15) is 11.8 Å². The maximum atomic E-state index is 12.1. The van der Waals surface area contributed by atoms with Crippen LogP contribution in [0.4, 0.5) is 0 Å². The zero-order valence-corrected chi connectivity index (χ0v) is 11.0. The predicted octanol–water partition coefficient (Wildman–Crippen LogP) is 2.22. The monoisotopic (exact) mass is 265 g/mol. The van der Waals surface area contributed by atoms with Gasteiger partial charge in [0.05, 0.1) is 11.8 Å². The first-order chi connectivity index (χ1) is 9.11. The van der Waals surface area contributed by atoms with Crippen LogP contribution in [-0.2, 0) is 11.2 Å². The Labute approximate surface area is 112 Å². The number of carbonyl (C=O) groups excluding carboxylic acids is 1. The Kier molecular flexibility index (Phi) is 4.24. The summed E-state index contributed by atoms with van der Waals surface area (Å²) >= 11 is 0. The van der Waals surface area contributed by atoms with Crippen LogP contribution in [-0.4, -0.2) is 23.0 Å². The van der Waals surface area contributed by atoms with Crippen molar-refractivity contribution in [3.05, 3.63) is 23.7 Å². The molecule has 0 bridgehead atoms. The van der Waals surface area contributed by atoms with Crippen molar-refractivity contribution >= 4 is 11.9 Å². The van der Waals surface area contributed by atoms with Crippen molar-refractivity contribution in [3.63, 3.8) is 0 Å². The third-order valence-electron chi connectivity index (χ3n) is 3.34. The third kappa shape index (κ3) is 3.59. The molecule has 1 heterocycles. The van der Waals surface area contributed by atoms with E-state index in [-0.39, 0.29) is 5.91 Å². The van der Waals surface area contributed by atoms with Gasteiger partial charge in [-0.15, -0.1) is 0 Å². The van der Waals surface area contributed by atoms with Crippen molar-refractivity contribution in [1.29, 1.82) is 0 Å². The lowest BCUT2D eigenvalue weighted by Gasteiger charge is -2.13. The highest BCUT2D eigenvalue weighted by Gasteiger charge is 2.30. The normalized spacial score (nSPS) is 16.1. The minimum absolute atomic E-state index is 0.356. The Morgan fingerprint density at radius 3 is 2.84 bits per heavy atom. The lowest BCUT2D eigenvalue weighted by molar-refractivity contribution is -0.139. The number of amides is 1. The molecule has 1 aliphatic carbocycles. The molecule has 0 aliphatic heterocycles. The summed E-state index contributed by atoms with van der Waals surface area (Å²) in [5, 5.41) is 11.7. The summed E-state index contributed by atoms with van der Waals surface area (Å²) < 4.78 is 5.25. The first-order valence-corrected chi connectivity index (χ1v) is 6.71. The van der Waals surface area contributed by atoms with Crippen LogP contribution in [0.2, 0.25) is 0 Å². The van der Waals surface area contributed by atoms with Crippen LogP contribution in [0.15, 0.2) is 16.7 Å². The lowest BCUT2D eigenvalue weighted by atomic mass is 10.1. The molecule has 1 fully saturated rings. The maximum absolute atomic E-state index is 12.1. The van der Waals surface area contributed by atoms with Gasteiger partial charge in [-0.1, -0.05) is 19.8 Å². The van der Waals surface area contributed by atoms with Crippen LogP contribution in [0.3, 0.4) is 0 Å². The molecule has 1 aromatic heterocycles. The smallest absolute Gasteiger partial charge is 0.326 e. The molecule has 0 aromatic carbocycles. The van der Waals surface area contributed by atoms with Crippen LogP contribution in [0.25, 0.3) is 0 Å². The molecule has 2 rings (SSSR count). The fourth-order valence-corrected chi connectivity index (χ4v) is 2.11. The van der Waals surface area contributed by atoms with E-state index in [1.165, 1.54) is 6.26 Å². The number of nitrogens with one attached hydrogen (secondary N) is 1. The van der Waals surface area contributed by atoms with E-state index >= 15 is 0 Å². The van der Waals surface area contributed by atoms with Gasteiger partial charge in [0, 0.05) is 6.42 Å². The zero-order chi connectivity index (χ0) is 13.8. The van der Waals surface area contributed by atoms with Gasteiger partial charge >= 0.3 is 5.97 Å². The van der Waals surface area contributed by atoms with Crippen LogP contribution < -0.4 is 5.32 Å². The van der Waals surface area contributed by atoms with Crippen molar-refractivity contribution in [3.8, 4) is 0 Å². The van der Waals surface area contributed by atoms with Gasteiger partial charge < -0.3 is 14.8 Å². The Hall–Kier alpha value is -1.78. The SMILES string of the molecule is CCCc1occc1C(=O)NC(CC1CC1)C(=O)O. The largest absolute Gasteiger partial charge is 0.480 e. The minimum Gasteiger partial charge on any atom is -0.480 e. The highest BCUT2D eigenvalue weighted by atomic mass is 16.4. The van der Waals surface area contributed by atoms with Crippen molar-refractivity contribution < 1.29 is 19.1 Å². The molecule has 104 valence electrons. The van der Waals surface area contributed by atoms with E-state index in [2.05, 4.69) is 5.32 Å². The third-order valence-corrected chi connectivity index (χ3v) is 3.34. The summed E-state index contributed by atoms with van der Waals surface area (Å²) in [5.41, 5.74) is 0.448. The molecule has 1 aliphatic rings. The fraction of sp³-hybridized carbons (Fsp3) is 0.571. The Morgan fingerprint density at radius 1 is 1.53 bits per heavy atom. The maximum Gasteiger partial charge on any atom is 0.326 e. The first kappa shape index (κ1) is 13.6. The number of furan rings is 1. The molecule has 5 heteroatoms. The average molecular weight is 265 g/mol. The summed E-state index contributed by atoms with van der Waals surface area (Å²) in [6.45, 7) is 2.00. The summed E-state index contributed by atoms with van der Waals surface area (Å²) in [7, 11) is 0. The standard InChI is InChI=1S/C14H19NO4/c1-2-3-12-10(6-7-19-12)13(16)15-11(14(17)18)8-9-4-5-9/h6-7,9,11H,2-5,8H2,1H3,(H,15,16)(H,17,18). The summed E-state index contributed by atoms with van der Waals surface area (Å²) in [4.78, 5) is 23.2. The van der Waals surface area contributed by atoms with E-state index in [0.717, 1.165) is 19.3 Å². The van der Waals surface area contributed by atoms with Gasteiger partial charge in [-0.2, -0.15) is 0 Å². The molecule has 1 unspecified atom stereocenters. The van der Waals surface area contributed by atoms with Crippen molar-refractivity contribution in [2.24, 2.45) is 5.92 Å². The zero-order valence-electron chi connectivity index (χ0n) is 11.0. The van der Waals surface area contributed by atoms with Crippen molar-refractivity contribution in [2.75, 3.05) is 0 Å². The molecule has 1 atom stereocenters. The molecular formula is C14H19NO4. The minimum atomic E-state index is -0.971. The van der Waals surface area contributed by atoms with Gasteiger partial charge in [0.15, 0.2) is 0 Å². The number of carboxylic acid groups (broad SMARTS) is 1. The van der Waals surface area contributed by atoms with E-state index in [0.29, 0.717) is 30.1 Å². The van der Waals surface area contributed by atoms with Gasteiger partial charge in [0.2, 0.25) is 0 Å². The molecule has 5 nitrogen and oxygen atoms in total. The van der Waals surface area contributed by atoms with Gasteiger partial charge in [0.25, 0.3) is 5.91 Å².